The van der Waals surface area contributed by atoms with Crippen LogP contribution in [0.25, 0.3) is 0 Å². The molecule has 0 radical (unpaired) electrons. The predicted octanol–water partition coefficient (Wildman–Crippen LogP) is 3.85. The molecule has 1 aliphatic heterocycles. The van der Waals surface area contributed by atoms with Gasteiger partial charge in [0.2, 0.25) is 12.8 Å². The Bertz CT molecular complexity index is 753. The van der Waals surface area contributed by atoms with E-state index >= 15 is 0 Å². The number of aliphatic hydroxyl groups excluding tert-OH is 1. The van der Waals surface area contributed by atoms with Crippen molar-refractivity contribution in [2.45, 2.75) is 18.1 Å². The molecule has 0 aliphatic carbocycles. The van der Waals surface area contributed by atoms with E-state index in [4.69, 9.17) is 27.9 Å². The molecule has 1 aliphatic rings. The molecular weight excluding hydrogens is 341 g/mol. The smallest absolute Gasteiger partial charge is 0.211 e. The van der Waals surface area contributed by atoms with E-state index in [1.807, 2.05) is 0 Å². The molecule has 5 nitrogen and oxygen atoms in total. The zero-order chi connectivity index (χ0) is 16.6. The van der Waals surface area contributed by atoms with E-state index in [0.717, 1.165) is 0 Å². The molecule has 3 atom stereocenters. The molecule has 0 unspecified atom stereocenters. The van der Waals surface area contributed by atoms with Crippen molar-refractivity contribution in [3.63, 3.8) is 0 Å². The minimum Gasteiger partial charge on any atom is -0.464 e. The molecule has 3 rings (SSSR count). The molecule has 0 saturated heterocycles. The van der Waals surface area contributed by atoms with Crippen LogP contribution in [0.1, 0.15) is 23.0 Å². The molecule has 0 fully saturated rings. The standard InChI is InChI=1S/C16H13Cl2NO4/c17-9-5-6-14-11(7-9)12(8-19(21)22)15(16(20)23-14)10-3-1-2-4-13(10)18/h1-7,12,15-16,20H,8H2/t12-,15+,16-/m1/s1. The summed E-state index contributed by atoms with van der Waals surface area (Å²) < 4.78 is 5.54. The summed E-state index contributed by atoms with van der Waals surface area (Å²) in [5.74, 6) is -0.848. The summed E-state index contributed by atoms with van der Waals surface area (Å²) in [6.45, 7) is -0.357. The van der Waals surface area contributed by atoms with Gasteiger partial charge in [-0.2, -0.15) is 0 Å². The highest BCUT2D eigenvalue weighted by Gasteiger charge is 2.42. The molecule has 1 heterocycles. The van der Waals surface area contributed by atoms with Crippen molar-refractivity contribution in [3.8, 4) is 5.75 Å². The predicted molar refractivity (Wildman–Crippen MR) is 86.9 cm³/mol. The van der Waals surface area contributed by atoms with Gasteiger partial charge in [0.25, 0.3) is 0 Å². The van der Waals surface area contributed by atoms with Crippen molar-refractivity contribution >= 4 is 23.2 Å². The molecule has 7 heteroatoms. The third kappa shape index (κ3) is 3.13. The van der Waals surface area contributed by atoms with Crippen molar-refractivity contribution in [2.24, 2.45) is 0 Å². The van der Waals surface area contributed by atoms with Crippen LogP contribution < -0.4 is 4.74 Å². The minimum atomic E-state index is -1.23. The monoisotopic (exact) mass is 353 g/mol. The van der Waals surface area contributed by atoms with Crippen molar-refractivity contribution in [3.05, 3.63) is 73.8 Å². The second-order valence-electron chi connectivity index (χ2n) is 5.36. The summed E-state index contributed by atoms with van der Waals surface area (Å²) >= 11 is 12.2. The fourth-order valence-electron chi connectivity index (χ4n) is 3.00. The van der Waals surface area contributed by atoms with Gasteiger partial charge >= 0.3 is 0 Å². The zero-order valence-corrected chi connectivity index (χ0v) is 13.4. The van der Waals surface area contributed by atoms with Gasteiger partial charge in [-0.05, 0) is 29.8 Å². The number of hydrogen-bond acceptors (Lipinski definition) is 4. The number of hydrogen-bond donors (Lipinski definition) is 1. The van der Waals surface area contributed by atoms with Crippen LogP contribution in [0.4, 0.5) is 0 Å². The SMILES string of the molecule is O=[N+]([O-])C[C@@H]1c2cc(Cl)ccc2O[C@@H](O)[C@H]1c1ccccc1Cl. The highest BCUT2D eigenvalue weighted by molar-refractivity contribution is 6.31. The fraction of sp³-hybridized carbons (Fsp3) is 0.250. The van der Waals surface area contributed by atoms with Crippen LogP contribution in [0.5, 0.6) is 5.75 Å². The van der Waals surface area contributed by atoms with Crippen molar-refractivity contribution < 1.29 is 14.8 Å². The van der Waals surface area contributed by atoms with Gasteiger partial charge in [0.05, 0.1) is 11.8 Å². The first kappa shape index (κ1) is 16.1. The van der Waals surface area contributed by atoms with Gasteiger partial charge in [-0.3, -0.25) is 10.1 Å². The Balaban J connectivity index is 2.14. The van der Waals surface area contributed by atoms with Gasteiger partial charge in [0.1, 0.15) is 5.75 Å². The molecule has 0 aromatic heterocycles. The first-order chi connectivity index (χ1) is 11.0. The Labute approximate surface area is 142 Å². The van der Waals surface area contributed by atoms with Crippen LogP contribution in [0.3, 0.4) is 0 Å². The van der Waals surface area contributed by atoms with Crippen LogP contribution in [0.15, 0.2) is 42.5 Å². The zero-order valence-electron chi connectivity index (χ0n) is 11.9. The fourth-order valence-corrected chi connectivity index (χ4v) is 3.44. The van der Waals surface area contributed by atoms with Gasteiger partial charge < -0.3 is 9.84 Å². The number of fused-ring (bicyclic) bond motifs is 1. The second kappa shape index (κ2) is 6.35. The van der Waals surface area contributed by atoms with E-state index in [1.165, 1.54) is 0 Å². The lowest BCUT2D eigenvalue weighted by atomic mass is 9.78. The number of nitro groups is 1. The van der Waals surface area contributed by atoms with Gasteiger partial charge in [0.15, 0.2) is 0 Å². The molecule has 0 bridgehead atoms. The third-order valence-electron chi connectivity index (χ3n) is 3.97. The number of rotatable bonds is 3. The lowest BCUT2D eigenvalue weighted by Gasteiger charge is -2.36. The molecule has 2 aromatic rings. The molecular formula is C16H13Cl2NO4. The first-order valence-electron chi connectivity index (χ1n) is 6.98. The highest BCUT2D eigenvalue weighted by atomic mass is 35.5. The summed E-state index contributed by atoms with van der Waals surface area (Å²) in [6, 6.07) is 11.8. The summed E-state index contributed by atoms with van der Waals surface area (Å²) in [4.78, 5) is 10.7. The third-order valence-corrected chi connectivity index (χ3v) is 4.55. The molecule has 0 amide bonds. The second-order valence-corrected chi connectivity index (χ2v) is 6.20. The minimum absolute atomic E-state index is 0.357. The topological polar surface area (TPSA) is 72.6 Å². The Kier molecular flexibility index (Phi) is 4.43. The number of aliphatic hydroxyl groups is 1. The maximum atomic E-state index is 11.1. The van der Waals surface area contributed by atoms with Gasteiger partial charge in [-0.15, -0.1) is 0 Å². The highest BCUT2D eigenvalue weighted by Crippen LogP contribution is 2.47. The van der Waals surface area contributed by atoms with E-state index in [-0.39, 0.29) is 6.54 Å². The number of halogens is 2. The van der Waals surface area contributed by atoms with Crippen molar-refractivity contribution in [1.82, 2.24) is 0 Å². The Hall–Kier alpha value is -1.82. The van der Waals surface area contributed by atoms with E-state index in [0.29, 0.717) is 26.9 Å². The van der Waals surface area contributed by atoms with Gasteiger partial charge in [-0.1, -0.05) is 41.4 Å². The number of benzene rings is 2. The Morgan fingerprint density at radius 1 is 1.17 bits per heavy atom. The largest absolute Gasteiger partial charge is 0.464 e. The summed E-state index contributed by atoms with van der Waals surface area (Å²) in [7, 11) is 0. The van der Waals surface area contributed by atoms with Crippen molar-refractivity contribution in [2.75, 3.05) is 6.54 Å². The molecule has 1 N–H and O–H groups in total. The summed E-state index contributed by atoms with van der Waals surface area (Å²) in [6.07, 6.45) is -1.23. The Morgan fingerprint density at radius 2 is 1.91 bits per heavy atom. The van der Waals surface area contributed by atoms with Crippen LogP contribution in [-0.2, 0) is 0 Å². The normalized spacial score (nSPS) is 23.0. The average molecular weight is 354 g/mol. The summed E-state index contributed by atoms with van der Waals surface area (Å²) in [5.41, 5.74) is 1.21. The number of ether oxygens (including phenoxy) is 1. The average Bonchev–Trinajstić information content (AvgIpc) is 2.49. The van der Waals surface area contributed by atoms with Crippen LogP contribution in [0.2, 0.25) is 10.0 Å². The van der Waals surface area contributed by atoms with E-state index < -0.39 is 23.0 Å². The molecule has 120 valence electrons. The van der Waals surface area contributed by atoms with Crippen molar-refractivity contribution in [1.29, 1.82) is 0 Å². The molecule has 23 heavy (non-hydrogen) atoms. The van der Waals surface area contributed by atoms with Gasteiger partial charge in [-0.25, -0.2) is 0 Å². The van der Waals surface area contributed by atoms with E-state index in [1.54, 1.807) is 42.5 Å². The quantitative estimate of drug-likeness (QED) is 0.671. The lowest BCUT2D eigenvalue weighted by Crippen LogP contribution is -2.37. The molecule has 0 saturated carbocycles. The summed E-state index contributed by atoms with van der Waals surface area (Å²) in [5, 5.41) is 22.4. The maximum absolute atomic E-state index is 11.1. The maximum Gasteiger partial charge on any atom is 0.211 e. The van der Waals surface area contributed by atoms with E-state index in [2.05, 4.69) is 0 Å². The van der Waals surface area contributed by atoms with Gasteiger partial charge in [0, 0.05) is 20.5 Å². The van der Waals surface area contributed by atoms with E-state index in [9.17, 15) is 15.2 Å². The first-order valence-corrected chi connectivity index (χ1v) is 7.73. The van der Waals surface area contributed by atoms with Crippen LogP contribution >= 0.6 is 23.2 Å². The van der Waals surface area contributed by atoms with Crippen LogP contribution in [0, 0.1) is 10.1 Å². The molecule has 2 aromatic carbocycles. The lowest BCUT2D eigenvalue weighted by molar-refractivity contribution is -0.485. The number of nitrogens with zero attached hydrogens (tertiary/aromatic N) is 1. The molecule has 0 spiro atoms. The van der Waals surface area contributed by atoms with Crippen LogP contribution in [-0.4, -0.2) is 22.9 Å². The Morgan fingerprint density at radius 3 is 2.61 bits per heavy atom.